The molecule has 18 heavy (non-hydrogen) atoms. The Morgan fingerprint density at radius 3 is 2.61 bits per heavy atom. The number of rotatable bonds is 4. The molecule has 0 unspecified atom stereocenters. The second kappa shape index (κ2) is 5.54. The van der Waals surface area contributed by atoms with Crippen molar-refractivity contribution >= 4 is 5.97 Å². The van der Waals surface area contributed by atoms with Crippen LogP contribution in [0.3, 0.4) is 0 Å². The van der Waals surface area contributed by atoms with Crippen LogP contribution in [0, 0.1) is 0 Å². The summed E-state index contributed by atoms with van der Waals surface area (Å²) in [6.45, 7) is 2.11. The number of methoxy groups -OCH3 is 1. The maximum Gasteiger partial charge on any atom is 0.340 e. The molecule has 0 amide bonds. The van der Waals surface area contributed by atoms with Gasteiger partial charge in [-0.05, 0) is 18.1 Å². The van der Waals surface area contributed by atoms with Crippen LogP contribution in [0.25, 0.3) is 11.3 Å². The molecule has 0 spiro atoms. The lowest BCUT2D eigenvalue weighted by Crippen LogP contribution is -2.01. The Kier molecular flexibility index (Phi) is 3.82. The molecule has 3 heteroatoms. The second-order valence-electron chi connectivity index (χ2n) is 4.19. The molecule has 0 saturated carbocycles. The lowest BCUT2D eigenvalue weighted by molar-refractivity contribution is 0.0602. The van der Waals surface area contributed by atoms with Gasteiger partial charge in [0, 0.05) is 5.69 Å². The second-order valence-corrected chi connectivity index (χ2v) is 4.19. The SMILES string of the molecule is CCCc1cc(C(=O)OC)c(-c2ccccc2)[nH]1. The summed E-state index contributed by atoms with van der Waals surface area (Å²) in [4.78, 5) is 15.1. The number of esters is 1. The summed E-state index contributed by atoms with van der Waals surface area (Å²) in [6, 6.07) is 11.7. The predicted octanol–water partition coefficient (Wildman–Crippen LogP) is 3.42. The molecule has 0 aliphatic carbocycles. The first-order valence-corrected chi connectivity index (χ1v) is 6.12. The van der Waals surface area contributed by atoms with Gasteiger partial charge < -0.3 is 9.72 Å². The van der Waals surface area contributed by atoms with Gasteiger partial charge in [-0.2, -0.15) is 0 Å². The van der Waals surface area contributed by atoms with E-state index in [4.69, 9.17) is 4.74 Å². The molecule has 0 atom stereocenters. The molecule has 0 fully saturated rings. The largest absolute Gasteiger partial charge is 0.465 e. The maximum atomic E-state index is 11.8. The first kappa shape index (κ1) is 12.4. The molecule has 0 aliphatic heterocycles. The van der Waals surface area contributed by atoms with Crippen molar-refractivity contribution in [2.24, 2.45) is 0 Å². The molecular formula is C15H17NO2. The van der Waals surface area contributed by atoms with E-state index >= 15 is 0 Å². The number of carbonyl (C=O) groups excluding carboxylic acids is 1. The first-order valence-electron chi connectivity index (χ1n) is 6.12. The Morgan fingerprint density at radius 1 is 1.28 bits per heavy atom. The van der Waals surface area contributed by atoms with Crippen LogP contribution in [0.4, 0.5) is 0 Å². The smallest absolute Gasteiger partial charge is 0.340 e. The number of benzene rings is 1. The number of hydrogen-bond acceptors (Lipinski definition) is 2. The van der Waals surface area contributed by atoms with Gasteiger partial charge in [0.2, 0.25) is 0 Å². The molecule has 0 aliphatic rings. The van der Waals surface area contributed by atoms with Crippen LogP contribution in [0.5, 0.6) is 0 Å². The Hall–Kier alpha value is -2.03. The predicted molar refractivity (Wildman–Crippen MR) is 71.6 cm³/mol. The monoisotopic (exact) mass is 243 g/mol. The lowest BCUT2D eigenvalue weighted by atomic mass is 10.1. The van der Waals surface area contributed by atoms with Gasteiger partial charge in [-0.15, -0.1) is 0 Å². The molecule has 0 radical (unpaired) electrons. The van der Waals surface area contributed by atoms with Gasteiger partial charge >= 0.3 is 5.97 Å². The number of aromatic nitrogens is 1. The van der Waals surface area contributed by atoms with Crippen LogP contribution >= 0.6 is 0 Å². The van der Waals surface area contributed by atoms with Crippen molar-refractivity contribution in [1.29, 1.82) is 0 Å². The summed E-state index contributed by atoms with van der Waals surface area (Å²) in [6.07, 6.45) is 1.96. The van der Waals surface area contributed by atoms with Gasteiger partial charge in [0.05, 0.1) is 18.4 Å². The molecule has 1 N–H and O–H groups in total. The van der Waals surface area contributed by atoms with E-state index in [1.54, 1.807) is 0 Å². The minimum Gasteiger partial charge on any atom is -0.465 e. The maximum absolute atomic E-state index is 11.8. The highest BCUT2D eigenvalue weighted by Crippen LogP contribution is 2.25. The number of hydrogen-bond donors (Lipinski definition) is 1. The van der Waals surface area contributed by atoms with Crippen molar-refractivity contribution in [3.8, 4) is 11.3 Å². The van der Waals surface area contributed by atoms with E-state index in [1.807, 2.05) is 36.4 Å². The average molecular weight is 243 g/mol. The van der Waals surface area contributed by atoms with E-state index in [-0.39, 0.29) is 5.97 Å². The van der Waals surface area contributed by atoms with Gasteiger partial charge in [0.1, 0.15) is 0 Å². The fraction of sp³-hybridized carbons (Fsp3) is 0.267. The van der Waals surface area contributed by atoms with Crippen molar-refractivity contribution in [2.45, 2.75) is 19.8 Å². The van der Waals surface area contributed by atoms with Gasteiger partial charge in [-0.3, -0.25) is 0 Å². The fourth-order valence-electron chi connectivity index (χ4n) is 2.02. The molecule has 2 rings (SSSR count). The molecule has 1 aromatic heterocycles. The number of nitrogens with one attached hydrogen (secondary N) is 1. The summed E-state index contributed by atoms with van der Waals surface area (Å²) in [5.41, 5.74) is 3.51. The van der Waals surface area contributed by atoms with E-state index in [0.29, 0.717) is 5.56 Å². The molecule has 3 nitrogen and oxygen atoms in total. The summed E-state index contributed by atoms with van der Waals surface area (Å²) < 4.78 is 4.83. The number of H-pyrrole nitrogens is 1. The van der Waals surface area contributed by atoms with Crippen LogP contribution < -0.4 is 0 Å². The molecule has 0 saturated heterocycles. The molecule has 94 valence electrons. The van der Waals surface area contributed by atoms with E-state index < -0.39 is 0 Å². The average Bonchev–Trinajstić information content (AvgIpc) is 2.83. The van der Waals surface area contributed by atoms with Crippen LogP contribution in [0.2, 0.25) is 0 Å². The summed E-state index contributed by atoms with van der Waals surface area (Å²) >= 11 is 0. The Bertz CT molecular complexity index is 529. The van der Waals surface area contributed by atoms with E-state index in [9.17, 15) is 4.79 Å². The number of aryl methyl sites for hydroxylation is 1. The summed E-state index contributed by atoms with van der Waals surface area (Å²) in [5, 5.41) is 0. The molecule has 0 bridgehead atoms. The highest BCUT2D eigenvalue weighted by molar-refractivity contribution is 5.96. The van der Waals surface area contributed by atoms with Gasteiger partial charge in [0.15, 0.2) is 0 Å². The molecular weight excluding hydrogens is 226 g/mol. The number of aromatic amines is 1. The summed E-state index contributed by atoms with van der Waals surface area (Å²) in [5.74, 6) is -0.299. The zero-order chi connectivity index (χ0) is 13.0. The molecule has 2 aromatic rings. The van der Waals surface area contributed by atoms with Crippen molar-refractivity contribution in [3.05, 3.63) is 47.7 Å². The third-order valence-electron chi connectivity index (χ3n) is 2.86. The third kappa shape index (κ3) is 2.45. The Labute approximate surface area is 107 Å². The van der Waals surface area contributed by atoms with Crippen molar-refractivity contribution < 1.29 is 9.53 Å². The van der Waals surface area contributed by atoms with Crippen molar-refractivity contribution in [2.75, 3.05) is 7.11 Å². The summed E-state index contributed by atoms with van der Waals surface area (Å²) in [7, 11) is 1.41. The quantitative estimate of drug-likeness (QED) is 0.836. The van der Waals surface area contributed by atoms with Crippen LogP contribution in [0.15, 0.2) is 36.4 Å². The van der Waals surface area contributed by atoms with E-state index in [2.05, 4.69) is 11.9 Å². The van der Waals surface area contributed by atoms with E-state index in [1.165, 1.54) is 7.11 Å². The molecule has 1 aromatic carbocycles. The number of carbonyl (C=O) groups is 1. The Morgan fingerprint density at radius 2 is 2.00 bits per heavy atom. The van der Waals surface area contributed by atoms with Crippen molar-refractivity contribution in [1.82, 2.24) is 4.98 Å². The topological polar surface area (TPSA) is 42.1 Å². The fourth-order valence-corrected chi connectivity index (χ4v) is 2.02. The van der Waals surface area contributed by atoms with Gasteiger partial charge in [-0.1, -0.05) is 43.7 Å². The standard InChI is InChI=1S/C15H17NO2/c1-3-7-12-10-13(15(17)18-2)14(16-12)11-8-5-4-6-9-11/h4-6,8-10,16H,3,7H2,1-2H3. The Balaban J connectivity index is 2.47. The van der Waals surface area contributed by atoms with Gasteiger partial charge in [0.25, 0.3) is 0 Å². The van der Waals surface area contributed by atoms with Crippen LogP contribution in [-0.2, 0) is 11.2 Å². The van der Waals surface area contributed by atoms with Crippen LogP contribution in [0.1, 0.15) is 29.4 Å². The van der Waals surface area contributed by atoms with E-state index in [0.717, 1.165) is 29.8 Å². The van der Waals surface area contributed by atoms with Crippen molar-refractivity contribution in [3.63, 3.8) is 0 Å². The number of ether oxygens (including phenoxy) is 1. The molecule has 1 heterocycles. The van der Waals surface area contributed by atoms with Crippen LogP contribution in [-0.4, -0.2) is 18.1 Å². The normalized spacial score (nSPS) is 10.3. The van der Waals surface area contributed by atoms with Gasteiger partial charge in [-0.25, -0.2) is 4.79 Å². The minimum atomic E-state index is -0.299. The third-order valence-corrected chi connectivity index (χ3v) is 2.86. The zero-order valence-electron chi connectivity index (χ0n) is 10.7. The minimum absolute atomic E-state index is 0.299. The first-order chi connectivity index (χ1) is 8.76. The highest BCUT2D eigenvalue weighted by atomic mass is 16.5. The highest BCUT2D eigenvalue weighted by Gasteiger charge is 2.16. The zero-order valence-corrected chi connectivity index (χ0v) is 10.7. The lowest BCUT2D eigenvalue weighted by Gasteiger charge is -2.02.